The molecule has 0 atom stereocenters. The van der Waals surface area contributed by atoms with Crippen LogP contribution in [0.15, 0.2) is 41.2 Å². The summed E-state index contributed by atoms with van der Waals surface area (Å²) in [5.41, 5.74) is -0.108. The van der Waals surface area contributed by atoms with Crippen LogP contribution in [0.25, 0.3) is 17.1 Å². The lowest BCUT2D eigenvalue weighted by Crippen LogP contribution is -2.36. The Morgan fingerprint density at radius 1 is 1.14 bits per heavy atom. The van der Waals surface area contributed by atoms with Crippen LogP contribution in [0.4, 0.5) is 17.6 Å². The molecule has 0 radical (unpaired) electrons. The summed E-state index contributed by atoms with van der Waals surface area (Å²) in [6.07, 6.45) is -5.01. The van der Waals surface area contributed by atoms with Crippen molar-refractivity contribution in [3.63, 3.8) is 0 Å². The quantitative estimate of drug-likeness (QED) is 0.594. The maximum atomic E-state index is 13.7. The predicted molar refractivity (Wildman–Crippen MR) is 97.5 cm³/mol. The minimum absolute atomic E-state index is 0.000596. The zero-order valence-corrected chi connectivity index (χ0v) is 15.7. The van der Waals surface area contributed by atoms with Crippen LogP contribution in [-0.4, -0.2) is 26.8 Å². The molecule has 0 saturated heterocycles. The first-order valence-corrected chi connectivity index (χ1v) is 8.60. The second-order valence-electron chi connectivity index (χ2n) is 5.78. The van der Waals surface area contributed by atoms with Gasteiger partial charge in [-0.2, -0.15) is 17.9 Å². The summed E-state index contributed by atoms with van der Waals surface area (Å²) in [6.45, 7) is -0.421. The minimum Gasteiger partial charge on any atom is -0.344 e. The number of halogens is 6. The molecule has 6 nitrogen and oxygen atoms in total. The molecule has 2 N–H and O–H groups in total. The molecule has 2 aromatic carbocycles. The molecule has 0 bridgehead atoms. The SMILES string of the molecule is O=C(NCc1ccc(Cl)c(-c2nn(-c3ccc(Cl)c(F)c3)c(=O)[nH]2)c1)C(F)(F)F. The Kier molecular flexibility index (Phi) is 5.67. The molecule has 3 rings (SSSR count). The molecule has 152 valence electrons. The number of nitrogens with one attached hydrogen (secondary N) is 2. The number of H-pyrrole nitrogens is 1. The first kappa shape index (κ1) is 20.9. The lowest BCUT2D eigenvalue weighted by Gasteiger charge is -2.09. The van der Waals surface area contributed by atoms with Gasteiger partial charge in [0.2, 0.25) is 0 Å². The Balaban J connectivity index is 1.92. The van der Waals surface area contributed by atoms with E-state index in [1.165, 1.54) is 30.3 Å². The highest BCUT2D eigenvalue weighted by molar-refractivity contribution is 6.33. The van der Waals surface area contributed by atoms with Gasteiger partial charge in [0.05, 0.1) is 15.7 Å². The third-order valence-corrected chi connectivity index (χ3v) is 4.40. The third-order valence-electron chi connectivity index (χ3n) is 3.76. The summed E-state index contributed by atoms with van der Waals surface area (Å²) in [5, 5.41) is 5.80. The fourth-order valence-corrected chi connectivity index (χ4v) is 2.71. The fourth-order valence-electron chi connectivity index (χ4n) is 2.38. The van der Waals surface area contributed by atoms with Crippen molar-refractivity contribution in [3.8, 4) is 17.1 Å². The Bertz CT molecular complexity index is 1140. The Labute approximate surface area is 170 Å². The van der Waals surface area contributed by atoms with Crippen molar-refractivity contribution in [2.24, 2.45) is 0 Å². The van der Waals surface area contributed by atoms with Gasteiger partial charge in [-0.05, 0) is 29.8 Å². The molecule has 0 fully saturated rings. The van der Waals surface area contributed by atoms with Crippen LogP contribution >= 0.6 is 23.2 Å². The highest BCUT2D eigenvalue weighted by atomic mass is 35.5. The van der Waals surface area contributed by atoms with E-state index >= 15 is 0 Å². The van der Waals surface area contributed by atoms with Crippen LogP contribution in [0.5, 0.6) is 0 Å². The number of amides is 1. The molecule has 29 heavy (non-hydrogen) atoms. The number of hydrogen-bond acceptors (Lipinski definition) is 3. The lowest BCUT2D eigenvalue weighted by molar-refractivity contribution is -0.173. The number of nitrogens with zero attached hydrogens (tertiary/aromatic N) is 2. The molecule has 0 aliphatic rings. The first-order valence-electron chi connectivity index (χ1n) is 7.85. The number of aromatic nitrogens is 3. The summed E-state index contributed by atoms with van der Waals surface area (Å²) in [6, 6.07) is 7.80. The van der Waals surface area contributed by atoms with Gasteiger partial charge in [-0.25, -0.2) is 9.18 Å². The van der Waals surface area contributed by atoms with E-state index in [9.17, 15) is 27.2 Å². The number of rotatable bonds is 4. The second-order valence-corrected chi connectivity index (χ2v) is 6.60. The highest BCUT2D eigenvalue weighted by Crippen LogP contribution is 2.26. The van der Waals surface area contributed by atoms with Gasteiger partial charge in [-0.1, -0.05) is 29.3 Å². The Hall–Kier alpha value is -2.85. The van der Waals surface area contributed by atoms with Crippen molar-refractivity contribution in [1.82, 2.24) is 20.1 Å². The lowest BCUT2D eigenvalue weighted by atomic mass is 10.1. The summed E-state index contributed by atoms with van der Waals surface area (Å²) >= 11 is 11.7. The zero-order valence-electron chi connectivity index (χ0n) is 14.1. The molecule has 1 aromatic heterocycles. The van der Waals surface area contributed by atoms with Crippen molar-refractivity contribution in [2.75, 3.05) is 0 Å². The van der Waals surface area contributed by atoms with Crippen LogP contribution in [0, 0.1) is 5.82 Å². The normalized spacial score (nSPS) is 11.5. The molecule has 0 aliphatic heterocycles. The van der Waals surface area contributed by atoms with Gasteiger partial charge in [0, 0.05) is 18.2 Å². The number of benzene rings is 2. The standard InChI is InChI=1S/C17H10Cl2F4N4O2/c18-11-3-1-8(7-24-15(28)17(21,22)23)5-10(11)14-25-16(29)27(26-14)9-2-4-12(19)13(20)6-9/h1-6H,7H2,(H,24,28)(H,25,26,29). The van der Waals surface area contributed by atoms with E-state index in [0.29, 0.717) is 0 Å². The molecule has 0 aliphatic carbocycles. The molecule has 12 heteroatoms. The average molecular weight is 449 g/mol. The first-order chi connectivity index (χ1) is 13.6. The van der Waals surface area contributed by atoms with Gasteiger partial charge in [-0.3, -0.25) is 9.78 Å². The maximum Gasteiger partial charge on any atom is 0.471 e. The van der Waals surface area contributed by atoms with E-state index in [2.05, 4.69) is 10.1 Å². The van der Waals surface area contributed by atoms with Crippen molar-refractivity contribution in [2.45, 2.75) is 12.7 Å². The number of carbonyl (C=O) groups is 1. The van der Waals surface area contributed by atoms with Crippen LogP contribution < -0.4 is 11.0 Å². The van der Waals surface area contributed by atoms with Gasteiger partial charge in [0.15, 0.2) is 5.82 Å². The summed E-state index contributed by atoms with van der Waals surface area (Å²) in [7, 11) is 0. The number of carbonyl (C=O) groups excluding carboxylic acids is 1. The average Bonchev–Trinajstić information content (AvgIpc) is 3.03. The van der Waals surface area contributed by atoms with E-state index in [0.717, 1.165) is 10.7 Å². The summed E-state index contributed by atoms with van der Waals surface area (Å²) in [4.78, 5) is 25.6. The van der Waals surface area contributed by atoms with Gasteiger partial charge in [0.25, 0.3) is 0 Å². The maximum absolute atomic E-state index is 13.7. The third kappa shape index (κ3) is 4.60. The van der Waals surface area contributed by atoms with Crippen molar-refractivity contribution in [3.05, 3.63) is 68.3 Å². The fraction of sp³-hybridized carbons (Fsp3) is 0.118. The van der Waals surface area contributed by atoms with Gasteiger partial charge in [0.1, 0.15) is 5.82 Å². The molecular weight excluding hydrogens is 439 g/mol. The molecular formula is C17H10Cl2F4N4O2. The zero-order chi connectivity index (χ0) is 21.3. The highest BCUT2D eigenvalue weighted by Gasteiger charge is 2.38. The number of aromatic amines is 1. The molecule has 1 heterocycles. The van der Waals surface area contributed by atoms with Crippen molar-refractivity contribution < 1.29 is 22.4 Å². The van der Waals surface area contributed by atoms with Crippen LogP contribution in [0.3, 0.4) is 0 Å². The van der Waals surface area contributed by atoms with Gasteiger partial charge < -0.3 is 5.32 Å². The number of hydrogen-bond donors (Lipinski definition) is 2. The van der Waals surface area contributed by atoms with E-state index in [4.69, 9.17) is 23.2 Å². The monoisotopic (exact) mass is 448 g/mol. The van der Waals surface area contributed by atoms with Crippen molar-refractivity contribution >= 4 is 29.1 Å². The van der Waals surface area contributed by atoms with E-state index in [-0.39, 0.29) is 32.7 Å². The van der Waals surface area contributed by atoms with Crippen LogP contribution in [0.2, 0.25) is 10.0 Å². The molecule has 1 amide bonds. The molecule has 3 aromatic rings. The molecule has 0 spiro atoms. The smallest absolute Gasteiger partial charge is 0.344 e. The topological polar surface area (TPSA) is 79.8 Å². The Morgan fingerprint density at radius 2 is 1.83 bits per heavy atom. The summed E-state index contributed by atoms with van der Waals surface area (Å²) < 4.78 is 51.4. The van der Waals surface area contributed by atoms with E-state index < -0.39 is 30.1 Å². The minimum atomic E-state index is -5.01. The van der Waals surface area contributed by atoms with Gasteiger partial charge in [-0.15, -0.1) is 5.10 Å². The Morgan fingerprint density at radius 3 is 2.48 bits per heavy atom. The van der Waals surface area contributed by atoms with E-state index in [1.54, 1.807) is 5.32 Å². The molecule has 0 saturated carbocycles. The van der Waals surface area contributed by atoms with Gasteiger partial charge >= 0.3 is 17.8 Å². The van der Waals surface area contributed by atoms with Crippen LogP contribution in [-0.2, 0) is 11.3 Å². The predicted octanol–water partition coefficient (Wildman–Crippen LogP) is 3.85. The second kappa shape index (κ2) is 7.88. The van der Waals surface area contributed by atoms with E-state index in [1.807, 2.05) is 0 Å². The van der Waals surface area contributed by atoms with Crippen LogP contribution in [0.1, 0.15) is 5.56 Å². The molecule has 0 unspecified atom stereocenters. The number of alkyl halides is 3. The largest absolute Gasteiger partial charge is 0.471 e. The van der Waals surface area contributed by atoms with Crippen molar-refractivity contribution in [1.29, 1.82) is 0 Å². The summed E-state index contributed by atoms with van der Waals surface area (Å²) in [5.74, 6) is -2.84.